The Morgan fingerprint density at radius 2 is 1.77 bits per heavy atom. The zero-order chi connectivity index (χ0) is 21.7. The van der Waals surface area contributed by atoms with Gasteiger partial charge < -0.3 is 9.84 Å². The van der Waals surface area contributed by atoms with Gasteiger partial charge in [0.1, 0.15) is 0 Å². The predicted octanol–water partition coefficient (Wildman–Crippen LogP) is 4.70. The van der Waals surface area contributed by atoms with Gasteiger partial charge in [-0.05, 0) is 24.3 Å². The summed E-state index contributed by atoms with van der Waals surface area (Å²) in [6.45, 7) is 0. The topological polar surface area (TPSA) is 88.0 Å². The number of halogens is 2. The third kappa shape index (κ3) is 4.62. The molecule has 0 aliphatic carbocycles. The van der Waals surface area contributed by atoms with Crippen LogP contribution in [0.4, 0.5) is 0 Å². The van der Waals surface area contributed by atoms with E-state index in [1.54, 1.807) is 36.4 Å². The second-order valence-corrected chi connectivity index (χ2v) is 6.89. The standard InChI is InChI=1S/C22H16Cl2N2O4/c1-30-18-10-8-14(11-17(18)27)22(29)26-25-12-15-7-9-16(23)19(20(15)24)21(28)13-5-3-2-4-6-13/h2-12,27H,1H3,(H,26,29)/b25-12+. The van der Waals surface area contributed by atoms with E-state index in [0.717, 1.165) is 0 Å². The van der Waals surface area contributed by atoms with Gasteiger partial charge in [0.05, 0.1) is 28.9 Å². The van der Waals surface area contributed by atoms with Gasteiger partial charge in [-0.15, -0.1) is 0 Å². The number of ether oxygens (including phenoxy) is 1. The molecular formula is C22H16Cl2N2O4. The van der Waals surface area contributed by atoms with E-state index in [0.29, 0.717) is 11.1 Å². The van der Waals surface area contributed by atoms with Gasteiger partial charge >= 0.3 is 0 Å². The lowest BCUT2D eigenvalue weighted by molar-refractivity contribution is 0.0954. The van der Waals surface area contributed by atoms with E-state index in [1.165, 1.54) is 37.6 Å². The third-order valence-corrected chi connectivity index (χ3v) is 4.92. The van der Waals surface area contributed by atoms with Crippen molar-refractivity contribution in [2.45, 2.75) is 0 Å². The molecule has 6 nitrogen and oxygen atoms in total. The van der Waals surface area contributed by atoms with Crippen molar-refractivity contribution in [1.29, 1.82) is 0 Å². The summed E-state index contributed by atoms with van der Waals surface area (Å²) in [5, 5.41) is 14.0. The van der Waals surface area contributed by atoms with Crippen molar-refractivity contribution < 1.29 is 19.4 Å². The molecule has 0 atom stereocenters. The highest BCUT2D eigenvalue weighted by Crippen LogP contribution is 2.30. The molecule has 0 fully saturated rings. The average Bonchev–Trinajstić information content (AvgIpc) is 2.75. The molecule has 0 bridgehead atoms. The zero-order valence-electron chi connectivity index (χ0n) is 15.7. The van der Waals surface area contributed by atoms with Gasteiger partial charge in [-0.25, -0.2) is 5.43 Å². The Hall–Kier alpha value is -3.35. The smallest absolute Gasteiger partial charge is 0.271 e. The lowest BCUT2D eigenvalue weighted by atomic mass is 10.0. The molecule has 3 aromatic rings. The van der Waals surface area contributed by atoms with Crippen LogP contribution in [0.25, 0.3) is 0 Å². The van der Waals surface area contributed by atoms with Crippen LogP contribution in [0.2, 0.25) is 10.0 Å². The van der Waals surface area contributed by atoms with Gasteiger partial charge in [0.25, 0.3) is 5.91 Å². The fourth-order valence-electron chi connectivity index (χ4n) is 2.67. The number of nitrogens with one attached hydrogen (secondary N) is 1. The number of hydrazone groups is 1. The van der Waals surface area contributed by atoms with Gasteiger partial charge in [0, 0.05) is 16.7 Å². The van der Waals surface area contributed by atoms with Crippen LogP contribution in [0.5, 0.6) is 11.5 Å². The molecule has 0 aliphatic heterocycles. The molecule has 3 rings (SSSR count). The first-order chi connectivity index (χ1) is 14.4. The van der Waals surface area contributed by atoms with Crippen molar-refractivity contribution in [2.24, 2.45) is 5.10 Å². The molecule has 0 heterocycles. The number of carbonyl (C=O) groups excluding carboxylic acids is 2. The van der Waals surface area contributed by atoms with Gasteiger partial charge in [0.2, 0.25) is 0 Å². The first kappa shape index (κ1) is 21.4. The van der Waals surface area contributed by atoms with Crippen molar-refractivity contribution in [2.75, 3.05) is 7.11 Å². The summed E-state index contributed by atoms with van der Waals surface area (Å²) in [5.41, 5.74) is 3.52. The van der Waals surface area contributed by atoms with Gasteiger partial charge in [-0.2, -0.15) is 5.10 Å². The van der Waals surface area contributed by atoms with Crippen LogP contribution >= 0.6 is 23.2 Å². The summed E-state index contributed by atoms with van der Waals surface area (Å²) in [7, 11) is 1.41. The minimum absolute atomic E-state index is 0.122. The van der Waals surface area contributed by atoms with Crippen LogP contribution in [0.1, 0.15) is 31.8 Å². The lowest BCUT2D eigenvalue weighted by Crippen LogP contribution is -2.17. The maximum atomic E-state index is 12.8. The summed E-state index contributed by atoms with van der Waals surface area (Å²) in [5.74, 6) is -0.786. The van der Waals surface area contributed by atoms with Crippen LogP contribution in [0.3, 0.4) is 0 Å². The number of ketones is 1. The Balaban J connectivity index is 1.80. The Bertz CT molecular complexity index is 1130. The van der Waals surface area contributed by atoms with Crippen molar-refractivity contribution in [1.82, 2.24) is 5.43 Å². The second-order valence-electron chi connectivity index (χ2n) is 6.11. The fraction of sp³-hybridized carbons (Fsp3) is 0.0455. The summed E-state index contributed by atoms with van der Waals surface area (Å²) in [6.07, 6.45) is 1.31. The minimum atomic E-state index is -0.546. The number of hydrogen-bond acceptors (Lipinski definition) is 5. The monoisotopic (exact) mass is 442 g/mol. The predicted molar refractivity (Wildman–Crippen MR) is 116 cm³/mol. The van der Waals surface area contributed by atoms with E-state index in [4.69, 9.17) is 27.9 Å². The number of methoxy groups -OCH3 is 1. The van der Waals surface area contributed by atoms with E-state index in [-0.39, 0.29) is 38.5 Å². The summed E-state index contributed by atoms with van der Waals surface area (Å²) in [6, 6.07) is 15.9. The number of aromatic hydroxyl groups is 1. The molecule has 1 amide bonds. The normalized spacial score (nSPS) is 10.8. The molecule has 0 radical (unpaired) electrons. The SMILES string of the molecule is COc1ccc(C(=O)N/N=C/c2ccc(Cl)c(C(=O)c3ccccc3)c2Cl)cc1O. The van der Waals surface area contributed by atoms with E-state index in [9.17, 15) is 14.7 Å². The Morgan fingerprint density at radius 3 is 2.43 bits per heavy atom. The van der Waals surface area contributed by atoms with E-state index in [1.807, 2.05) is 0 Å². The van der Waals surface area contributed by atoms with Crippen molar-refractivity contribution in [3.05, 3.63) is 93.0 Å². The summed E-state index contributed by atoms with van der Waals surface area (Å²) >= 11 is 12.6. The van der Waals surface area contributed by atoms with Crippen molar-refractivity contribution >= 4 is 41.1 Å². The van der Waals surface area contributed by atoms with Crippen LogP contribution in [-0.2, 0) is 0 Å². The van der Waals surface area contributed by atoms with E-state index >= 15 is 0 Å². The molecule has 2 N–H and O–H groups in total. The average molecular weight is 443 g/mol. The molecule has 152 valence electrons. The van der Waals surface area contributed by atoms with Crippen LogP contribution in [0.15, 0.2) is 65.8 Å². The Morgan fingerprint density at radius 1 is 1.03 bits per heavy atom. The minimum Gasteiger partial charge on any atom is -0.504 e. The summed E-state index contributed by atoms with van der Waals surface area (Å²) < 4.78 is 4.94. The Kier molecular flexibility index (Phi) is 6.72. The molecular weight excluding hydrogens is 427 g/mol. The number of phenols is 1. The van der Waals surface area contributed by atoms with E-state index in [2.05, 4.69) is 10.5 Å². The Labute approximate surface area is 182 Å². The number of phenolic OH excluding ortho intramolecular Hbond substituents is 1. The second kappa shape index (κ2) is 9.43. The molecule has 0 saturated carbocycles. The van der Waals surface area contributed by atoms with Crippen molar-refractivity contribution in [3.63, 3.8) is 0 Å². The van der Waals surface area contributed by atoms with Crippen LogP contribution in [0, 0.1) is 0 Å². The zero-order valence-corrected chi connectivity index (χ0v) is 17.2. The van der Waals surface area contributed by atoms with Crippen LogP contribution in [-0.4, -0.2) is 30.1 Å². The first-order valence-electron chi connectivity index (χ1n) is 8.70. The molecule has 3 aromatic carbocycles. The largest absolute Gasteiger partial charge is 0.504 e. The molecule has 0 aromatic heterocycles. The highest BCUT2D eigenvalue weighted by Gasteiger charge is 2.18. The van der Waals surface area contributed by atoms with E-state index < -0.39 is 5.91 Å². The number of carbonyl (C=O) groups is 2. The quantitative estimate of drug-likeness (QED) is 0.328. The molecule has 0 aliphatic rings. The lowest BCUT2D eigenvalue weighted by Gasteiger charge is -2.09. The number of nitrogens with zero attached hydrogens (tertiary/aromatic N) is 1. The molecule has 0 spiro atoms. The molecule has 8 heteroatoms. The first-order valence-corrected chi connectivity index (χ1v) is 9.46. The maximum Gasteiger partial charge on any atom is 0.271 e. The highest BCUT2D eigenvalue weighted by atomic mass is 35.5. The highest BCUT2D eigenvalue weighted by molar-refractivity contribution is 6.42. The van der Waals surface area contributed by atoms with Gasteiger partial charge in [-0.1, -0.05) is 59.6 Å². The fourth-order valence-corrected chi connectivity index (χ4v) is 3.26. The van der Waals surface area contributed by atoms with Crippen LogP contribution < -0.4 is 10.2 Å². The molecule has 0 unspecified atom stereocenters. The van der Waals surface area contributed by atoms with Gasteiger partial charge in [-0.3, -0.25) is 9.59 Å². The van der Waals surface area contributed by atoms with Crippen molar-refractivity contribution in [3.8, 4) is 11.5 Å². The maximum absolute atomic E-state index is 12.8. The number of hydrogen-bond donors (Lipinski definition) is 2. The number of benzene rings is 3. The number of rotatable bonds is 6. The van der Waals surface area contributed by atoms with Gasteiger partial charge in [0.15, 0.2) is 17.3 Å². The third-order valence-electron chi connectivity index (χ3n) is 4.19. The number of amides is 1. The molecule has 0 saturated heterocycles. The molecule has 30 heavy (non-hydrogen) atoms. The summed E-state index contributed by atoms with van der Waals surface area (Å²) in [4.78, 5) is 25.0.